The summed E-state index contributed by atoms with van der Waals surface area (Å²) in [5.41, 5.74) is 7.31. The molecule has 1 fully saturated rings. The maximum atomic E-state index is 12.2. The predicted molar refractivity (Wildman–Crippen MR) is 170 cm³/mol. The molecule has 4 N–H and O–H groups in total. The number of aromatic nitrogens is 2. The van der Waals surface area contributed by atoms with Crippen LogP contribution in [0.25, 0.3) is 11.1 Å². The Morgan fingerprint density at radius 3 is 2.44 bits per heavy atom. The number of ether oxygens (including phenoxy) is 2. The molecule has 1 aliphatic heterocycles. The SMILES string of the molecule is Cn1ccnc1SCC1CC(c2ccc(CO)cc2)OC(c2cccc(-c3cccc(CNC(=O)CCCC(=O)NO)c3)c2)O1. The van der Waals surface area contributed by atoms with Gasteiger partial charge in [-0.15, -0.1) is 0 Å². The second-order valence-electron chi connectivity index (χ2n) is 11.0. The maximum absolute atomic E-state index is 12.2. The van der Waals surface area contributed by atoms with Crippen molar-refractivity contribution >= 4 is 23.6 Å². The highest BCUT2D eigenvalue weighted by atomic mass is 32.2. The summed E-state index contributed by atoms with van der Waals surface area (Å²) in [5, 5.41) is 21.9. The Kier molecular flexibility index (Phi) is 11.4. The van der Waals surface area contributed by atoms with Crippen LogP contribution >= 0.6 is 11.8 Å². The van der Waals surface area contributed by atoms with Gasteiger partial charge in [0, 0.05) is 56.6 Å². The van der Waals surface area contributed by atoms with Gasteiger partial charge in [-0.3, -0.25) is 14.8 Å². The van der Waals surface area contributed by atoms with Crippen LogP contribution in [-0.4, -0.2) is 43.5 Å². The highest BCUT2D eigenvalue weighted by molar-refractivity contribution is 7.99. The minimum Gasteiger partial charge on any atom is -0.392 e. The van der Waals surface area contributed by atoms with Crippen LogP contribution in [0.2, 0.25) is 0 Å². The average molecular weight is 631 g/mol. The van der Waals surface area contributed by atoms with E-state index in [9.17, 15) is 14.7 Å². The van der Waals surface area contributed by atoms with Gasteiger partial charge in [0.1, 0.15) is 0 Å². The Labute approximate surface area is 266 Å². The Bertz CT molecular complexity index is 1580. The van der Waals surface area contributed by atoms with Crippen LogP contribution in [0, 0.1) is 0 Å². The van der Waals surface area contributed by atoms with Crippen molar-refractivity contribution in [3.63, 3.8) is 0 Å². The number of hydrogen-bond donors (Lipinski definition) is 4. The molecule has 4 aromatic rings. The number of benzene rings is 3. The molecule has 236 valence electrons. The quantitative estimate of drug-likeness (QED) is 0.0899. The summed E-state index contributed by atoms with van der Waals surface area (Å²) in [6, 6.07) is 24.0. The van der Waals surface area contributed by atoms with Crippen LogP contribution in [0.15, 0.2) is 90.3 Å². The van der Waals surface area contributed by atoms with Gasteiger partial charge < -0.3 is 24.5 Å². The summed E-state index contributed by atoms with van der Waals surface area (Å²) in [4.78, 5) is 27.8. The number of carbonyl (C=O) groups excluding carboxylic acids is 2. The molecule has 10 nitrogen and oxygen atoms in total. The molecule has 1 saturated heterocycles. The second kappa shape index (κ2) is 15.8. The summed E-state index contributed by atoms with van der Waals surface area (Å²) in [5.74, 6) is 0.0570. The topological polar surface area (TPSA) is 135 Å². The van der Waals surface area contributed by atoms with Crippen molar-refractivity contribution in [2.75, 3.05) is 5.75 Å². The van der Waals surface area contributed by atoms with Gasteiger partial charge in [0.25, 0.3) is 0 Å². The molecule has 0 aliphatic carbocycles. The molecule has 2 heterocycles. The molecule has 1 aromatic heterocycles. The Hall–Kier alpha value is -4.00. The first-order chi connectivity index (χ1) is 21.9. The summed E-state index contributed by atoms with van der Waals surface area (Å²) < 4.78 is 15.1. The van der Waals surface area contributed by atoms with Crippen LogP contribution in [0.4, 0.5) is 0 Å². The molecule has 5 rings (SSSR count). The molecule has 11 heteroatoms. The van der Waals surface area contributed by atoms with E-state index >= 15 is 0 Å². The summed E-state index contributed by atoms with van der Waals surface area (Å²) in [6.07, 6.45) is 4.20. The number of aryl methyl sites for hydroxylation is 1. The maximum Gasteiger partial charge on any atom is 0.243 e. The molecule has 0 radical (unpaired) electrons. The molecule has 2 amide bonds. The van der Waals surface area contributed by atoms with E-state index in [4.69, 9.17) is 14.7 Å². The molecule has 0 spiro atoms. The second-order valence-corrected chi connectivity index (χ2v) is 12.0. The molecular formula is C34H38N4O6S. The van der Waals surface area contributed by atoms with E-state index in [-0.39, 0.29) is 37.6 Å². The van der Waals surface area contributed by atoms with Crippen molar-refractivity contribution < 1.29 is 29.4 Å². The Morgan fingerprint density at radius 1 is 0.956 bits per heavy atom. The number of hydroxylamine groups is 1. The predicted octanol–water partition coefficient (Wildman–Crippen LogP) is 5.21. The van der Waals surface area contributed by atoms with Gasteiger partial charge in [-0.1, -0.05) is 72.4 Å². The van der Waals surface area contributed by atoms with Gasteiger partial charge in [-0.25, -0.2) is 10.5 Å². The summed E-state index contributed by atoms with van der Waals surface area (Å²) in [7, 11) is 1.98. The fraction of sp³-hybridized carbons (Fsp3) is 0.324. The number of imidazole rings is 1. The first-order valence-corrected chi connectivity index (χ1v) is 15.9. The van der Waals surface area contributed by atoms with Gasteiger partial charge in [-0.2, -0.15) is 0 Å². The number of hydrogen-bond acceptors (Lipinski definition) is 8. The fourth-order valence-corrected chi connectivity index (χ4v) is 6.11. The summed E-state index contributed by atoms with van der Waals surface area (Å²) >= 11 is 1.66. The van der Waals surface area contributed by atoms with Gasteiger partial charge in [0.15, 0.2) is 11.4 Å². The zero-order valence-corrected chi connectivity index (χ0v) is 25.9. The van der Waals surface area contributed by atoms with Crippen molar-refractivity contribution in [3.8, 4) is 11.1 Å². The molecule has 3 atom stereocenters. The number of thioether (sulfide) groups is 1. The first-order valence-electron chi connectivity index (χ1n) is 14.9. The molecule has 0 bridgehead atoms. The third kappa shape index (κ3) is 9.03. The first kappa shape index (κ1) is 32.4. The van der Waals surface area contributed by atoms with Crippen molar-refractivity contribution in [2.24, 2.45) is 7.05 Å². The van der Waals surface area contributed by atoms with Crippen molar-refractivity contribution in [3.05, 3.63) is 107 Å². The van der Waals surface area contributed by atoms with Crippen LogP contribution in [0.1, 0.15) is 60.3 Å². The molecule has 3 unspecified atom stereocenters. The monoisotopic (exact) mass is 630 g/mol. The van der Waals surface area contributed by atoms with Crippen LogP contribution in [0.3, 0.4) is 0 Å². The van der Waals surface area contributed by atoms with E-state index in [1.807, 2.05) is 84.5 Å². The largest absolute Gasteiger partial charge is 0.392 e. The zero-order chi connectivity index (χ0) is 31.6. The van der Waals surface area contributed by atoms with E-state index in [0.29, 0.717) is 19.4 Å². The van der Waals surface area contributed by atoms with E-state index in [0.717, 1.165) is 44.3 Å². The lowest BCUT2D eigenvalue weighted by Gasteiger charge is -2.36. The van der Waals surface area contributed by atoms with Gasteiger partial charge >= 0.3 is 0 Å². The van der Waals surface area contributed by atoms with E-state index in [1.165, 1.54) is 0 Å². The molecule has 3 aromatic carbocycles. The zero-order valence-electron chi connectivity index (χ0n) is 25.1. The van der Waals surface area contributed by atoms with Gasteiger partial charge in [0.05, 0.1) is 18.8 Å². The van der Waals surface area contributed by atoms with Gasteiger partial charge in [-0.05, 0) is 46.4 Å². The van der Waals surface area contributed by atoms with E-state index in [1.54, 1.807) is 23.4 Å². The van der Waals surface area contributed by atoms with Gasteiger partial charge in [0.2, 0.25) is 11.8 Å². The smallest absolute Gasteiger partial charge is 0.243 e. The highest BCUT2D eigenvalue weighted by Crippen LogP contribution is 2.40. The van der Waals surface area contributed by atoms with Crippen LogP contribution in [-0.2, 0) is 39.3 Å². The summed E-state index contributed by atoms with van der Waals surface area (Å²) in [6.45, 7) is 0.353. The van der Waals surface area contributed by atoms with Crippen molar-refractivity contribution in [1.82, 2.24) is 20.3 Å². The Balaban J connectivity index is 1.29. The number of rotatable bonds is 13. The van der Waals surface area contributed by atoms with Crippen molar-refractivity contribution in [1.29, 1.82) is 0 Å². The number of nitrogens with one attached hydrogen (secondary N) is 2. The molecule has 1 aliphatic rings. The normalized spacial score (nSPS) is 18.0. The molecular weight excluding hydrogens is 592 g/mol. The number of aliphatic hydroxyl groups is 1. The fourth-order valence-electron chi connectivity index (χ4n) is 5.16. The third-order valence-electron chi connectivity index (χ3n) is 7.63. The molecule has 0 saturated carbocycles. The lowest BCUT2D eigenvalue weighted by molar-refractivity contribution is -0.245. The number of aliphatic hydroxyl groups excluding tert-OH is 1. The number of amides is 2. The lowest BCUT2D eigenvalue weighted by Crippen LogP contribution is -2.31. The minimum absolute atomic E-state index is 0.00760. The van der Waals surface area contributed by atoms with Crippen LogP contribution < -0.4 is 10.8 Å². The standard InChI is InChI=1S/C34H38N4O6S/c1-38-16-15-35-34(38)45-22-29-19-30(25-13-11-23(21-39)12-14-25)44-33(43-29)28-8-3-7-27(18-28)26-6-2-5-24(17-26)20-36-31(40)9-4-10-32(41)37-42/h2-3,5-8,11-18,29-30,33,39,42H,4,9-10,19-22H2,1H3,(H,36,40)(H,37,41). The lowest BCUT2D eigenvalue weighted by atomic mass is 9.99. The third-order valence-corrected chi connectivity index (χ3v) is 8.82. The average Bonchev–Trinajstić information content (AvgIpc) is 3.50. The minimum atomic E-state index is -0.580. The Morgan fingerprint density at radius 2 is 1.71 bits per heavy atom. The molecule has 45 heavy (non-hydrogen) atoms. The van der Waals surface area contributed by atoms with Crippen molar-refractivity contribution in [2.45, 2.75) is 62.5 Å². The van der Waals surface area contributed by atoms with E-state index < -0.39 is 12.2 Å². The van der Waals surface area contributed by atoms with Crippen LogP contribution in [0.5, 0.6) is 0 Å². The number of nitrogens with zero attached hydrogens (tertiary/aromatic N) is 2. The van der Waals surface area contributed by atoms with E-state index in [2.05, 4.69) is 16.4 Å². The highest BCUT2D eigenvalue weighted by Gasteiger charge is 2.32. The number of carbonyl (C=O) groups is 2.